The Labute approximate surface area is 82.5 Å². The van der Waals surface area contributed by atoms with E-state index in [1.54, 1.807) is 12.1 Å². The monoisotopic (exact) mass is 197 g/mol. The SMILES string of the molecule is CC(=O)O.NC(N)(N)c1ccccc1. The van der Waals surface area contributed by atoms with Crippen LogP contribution in [-0.2, 0) is 10.6 Å². The minimum atomic E-state index is -1.21. The minimum Gasteiger partial charge on any atom is -0.481 e. The van der Waals surface area contributed by atoms with Gasteiger partial charge in [-0.15, -0.1) is 0 Å². The number of benzene rings is 1. The van der Waals surface area contributed by atoms with E-state index >= 15 is 0 Å². The normalized spacial score (nSPS) is 10.0. The summed E-state index contributed by atoms with van der Waals surface area (Å²) in [6.07, 6.45) is 0. The van der Waals surface area contributed by atoms with Crippen LogP contribution < -0.4 is 17.2 Å². The Morgan fingerprint density at radius 1 is 1.21 bits per heavy atom. The second-order valence-corrected chi connectivity index (χ2v) is 2.82. The Balaban J connectivity index is 0.000000364. The van der Waals surface area contributed by atoms with Crippen molar-refractivity contribution in [2.75, 3.05) is 0 Å². The molecule has 1 rings (SSSR count). The van der Waals surface area contributed by atoms with Crippen LogP contribution >= 0.6 is 0 Å². The molecule has 1 aromatic carbocycles. The van der Waals surface area contributed by atoms with E-state index < -0.39 is 11.8 Å². The first-order chi connectivity index (χ1) is 6.34. The highest BCUT2D eigenvalue weighted by molar-refractivity contribution is 5.62. The van der Waals surface area contributed by atoms with E-state index in [4.69, 9.17) is 27.1 Å². The van der Waals surface area contributed by atoms with Crippen LogP contribution in [0.4, 0.5) is 0 Å². The third-order valence-electron chi connectivity index (χ3n) is 1.27. The number of nitrogens with two attached hydrogens (primary N) is 3. The van der Waals surface area contributed by atoms with Crippen molar-refractivity contribution < 1.29 is 9.90 Å². The van der Waals surface area contributed by atoms with E-state index in [1.807, 2.05) is 18.2 Å². The summed E-state index contributed by atoms with van der Waals surface area (Å²) in [6.45, 7) is 1.08. The van der Waals surface area contributed by atoms with Gasteiger partial charge in [0, 0.05) is 12.5 Å². The van der Waals surface area contributed by atoms with Crippen molar-refractivity contribution in [2.45, 2.75) is 12.7 Å². The largest absolute Gasteiger partial charge is 0.481 e. The van der Waals surface area contributed by atoms with Crippen LogP contribution in [0.3, 0.4) is 0 Å². The van der Waals surface area contributed by atoms with E-state index in [0.29, 0.717) is 0 Å². The van der Waals surface area contributed by atoms with Crippen LogP contribution in [-0.4, -0.2) is 11.1 Å². The molecule has 0 heterocycles. The summed E-state index contributed by atoms with van der Waals surface area (Å²) >= 11 is 0. The fourth-order valence-corrected chi connectivity index (χ4v) is 0.727. The van der Waals surface area contributed by atoms with Crippen LogP contribution in [0.5, 0.6) is 0 Å². The lowest BCUT2D eigenvalue weighted by Crippen LogP contribution is -2.54. The lowest BCUT2D eigenvalue weighted by molar-refractivity contribution is -0.134. The van der Waals surface area contributed by atoms with Gasteiger partial charge in [-0.05, 0) is 0 Å². The molecule has 0 unspecified atom stereocenters. The van der Waals surface area contributed by atoms with Gasteiger partial charge in [0.15, 0.2) is 0 Å². The van der Waals surface area contributed by atoms with Crippen molar-refractivity contribution in [2.24, 2.45) is 17.2 Å². The Kier molecular flexibility index (Phi) is 4.79. The fourth-order valence-electron chi connectivity index (χ4n) is 0.727. The molecule has 5 heteroatoms. The molecule has 78 valence electrons. The average molecular weight is 197 g/mol. The Morgan fingerprint density at radius 3 is 1.79 bits per heavy atom. The maximum absolute atomic E-state index is 9.00. The second-order valence-electron chi connectivity index (χ2n) is 2.82. The van der Waals surface area contributed by atoms with E-state index in [1.165, 1.54) is 0 Å². The maximum Gasteiger partial charge on any atom is 0.300 e. The molecule has 0 spiro atoms. The van der Waals surface area contributed by atoms with Gasteiger partial charge in [-0.25, -0.2) is 0 Å². The number of carboxylic acid groups (broad SMARTS) is 1. The molecule has 0 atom stereocenters. The Bertz CT molecular complexity index is 276. The lowest BCUT2D eigenvalue weighted by Gasteiger charge is -2.18. The molecule has 7 N–H and O–H groups in total. The molecule has 0 aliphatic carbocycles. The van der Waals surface area contributed by atoms with Gasteiger partial charge in [0.1, 0.15) is 5.79 Å². The summed E-state index contributed by atoms with van der Waals surface area (Å²) in [5.74, 6) is -2.04. The van der Waals surface area contributed by atoms with Gasteiger partial charge in [0.05, 0.1) is 0 Å². The van der Waals surface area contributed by atoms with Crippen molar-refractivity contribution in [3.05, 3.63) is 35.9 Å². The van der Waals surface area contributed by atoms with Crippen LogP contribution in [0.25, 0.3) is 0 Å². The average Bonchev–Trinajstić information content (AvgIpc) is 2.03. The van der Waals surface area contributed by atoms with Crippen LogP contribution in [0.1, 0.15) is 12.5 Å². The summed E-state index contributed by atoms with van der Waals surface area (Å²) in [5, 5.41) is 7.42. The molecule has 0 amide bonds. The molecule has 0 fully saturated rings. The van der Waals surface area contributed by atoms with Crippen molar-refractivity contribution in [3.63, 3.8) is 0 Å². The second kappa shape index (κ2) is 5.33. The molecule has 14 heavy (non-hydrogen) atoms. The van der Waals surface area contributed by atoms with Gasteiger partial charge in [0.2, 0.25) is 0 Å². The highest BCUT2D eigenvalue weighted by Crippen LogP contribution is 2.04. The molecule has 0 aliphatic heterocycles. The lowest BCUT2D eigenvalue weighted by atomic mass is 10.1. The zero-order valence-electron chi connectivity index (χ0n) is 7.97. The molecule has 5 nitrogen and oxygen atoms in total. The van der Waals surface area contributed by atoms with E-state index in [-0.39, 0.29) is 0 Å². The summed E-state index contributed by atoms with van der Waals surface area (Å²) in [7, 11) is 0. The molecular weight excluding hydrogens is 182 g/mol. The first kappa shape index (κ1) is 12.6. The molecule has 0 bridgehead atoms. The zero-order chi connectivity index (χ0) is 11.2. The number of rotatable bonds is 1. The maximum atomic E-state index is 9.00. The van der Waals surface area contributed by atoms with Crippen LogP contribution in [0.15, 0.2) is 30.3 Å². The van der Waals surface area contributed by atoms with Gasteiger partial charge >= 0.3 is 0 Å². The zero-order valence-corrected chi connectivity index (χ0v) is 7.97. The predicted molar refractivity (Wildman–Crippen MR) is 54.0 cm³/mol. The Hall–Kier alpha value is -1.43. The van der Waals surface area contributed by atoms with E-state index in [9.17, 15) is 0 Å². The summed E-state index contributed by atoms with van der Waals surface area (Å²) < 4.78 is 0. The molecule has 1 aromatic rings. The number of hydrogen-bond acceptors (Lipinski definition) is 4. The predicted octanol–water partition coefficient (Wildman–Crippen LogP) is -0.236. The molecule has 0 saturated heterocycles. The number of carbonyl (C=O) groups is 1. The number of hydrogen-bond donors (Lipinski definition) is 4. The topological polar surface area (TPSA) is 115 Å². The van der Waals surface area contributed by atoms with Gasteiger partial charge in [-0.2, -0.15) is 0 Å². The van der Waals surface area contributed by atoms with Gasteiger partial charge in [-0.3, -0.25) is 22.0 Å². The summed E-state index contributed by atoms with van der Waals surface area (Å²) in [5.41, 5.74) is 17.0. The summed E-state index contributed by atoms with van der Waals surface area (Å²) in [6, 6.07) is 9.16. The van der Waals surface area contributed by atoms with Gasteiger partial charge in [0.25, 0.3) is 5.97 Å². The fraction of sp³-hybridized carbons (Fsp3) is 0.222. The highest BCUT2D eigenvalue weighted by atomic mass is 16.4. The first-order valence-corrected chi connectivity index (χ1v) is 3.95. The summed E-state index contributed by atoms with van der Waals surface area (Å²) in [4.78, 5) is 9.00. The van der Waals surface area contributed by atoms with Crippen molar-refractivity contribution in [1.82, 2.24) is 0 Å². The molecule has 0 aromatic heterocycles. The third kappa shape index (κ3) is 6.13. The van der Waals surface area contributed by atoms with E-state index in [0.717, 1.165) is 12.5 Å². The van der Waals surface area contributed by atoms with Crippen molar-refractivity contribution in [3.8, 4) is 0 Å². The van der Waals surface area contributed by atoms with Crippen molar-refractivity contribution >= 4 is 5.97 Å². The molecule has 0 aliphatic rings. The number of aliphatic carboxylic acids is 1. The van der Waals surface area contributed by atoms with Crippen molar-refractivity contribution in [1.29, 1.82) is 0 Å². The minimum absolute atomic E-state index is 0.731. The van der Waals surface area contributed by atoms with Crippen LogP contribution in [0.2, 0.25) is 0 Å². The first-order valence-electron chi connectivity index (χ1n) is 3.95. The Morgan fingerprint density at radius 2 is 1.57 bits per heavy atom. The van der Waals surface area contributed by atoms with Crippen LogP contribution in [0, 0.1) is 0 Å². The molecular formula is C9H15N3O2. The molecule has 0 radical (unpaired) electrons. The number of carboxylic acids is 1. The quantitative estimate of drug-likeness (QED) is 0.464. The standard InChI is InChI=1S/C7H11N3.C2H4O2/c8-7(9,10)6-4-2-1-3-5-6;1-2(3)4/h1-5H,8-10H2;1H3,(H,3,4). The van der Waals surface area contributed by atoms with Gasteiger partial charge in [-0.1, -0.05) is 30.3 Å². The third-order valence-corrected chi connectivity index (χ3v) is 1.27. The van der Waals surface area contributed by atoms with E-state index in [2.05, 4.69) is 0 Å². The highest BCUT2D eigenvalue weighted by Gasteiger charge is 2.12. The van der Waals surface area contributed by atoms with Gasteiger partial charge < -0.3 is 5.11 Å². The smallest absolute Gasteiger partial charge is 0.300 e. The molecule has 0 saturated carbocycles.